The molecule has 0 heterocycles. The van der Waals surface area contributed by atoms with Gasteiger partial charge in [-0.3, -0.25) is 0 Å². The molecule has 0 aliphatic rings. The van der Waals surface area contributed by atoms with E-state index in [4.69, 9.17) is 0 Å². The number of rotatable bonds is 12. The Kier molecular flexibility index (Phi) is 8.95. The van der Waals surface area contributed by atoms with Crippen molar-refractivity contribution in [2.75, 3.05) is 32.9 Å². The average Bonchev–Trinajstić information content (AvgIpc) is 2.50. The van der Waals surface area contributed by atoms with E-state index in [-0.39, 0.29) is 5.75 Å². The highest BCUT2D eigenvalue weighted by molar-refractivity contribution is 7.85. The van der Waals surface area contributed by atoms with Crippen LogP contribution in [0.2, 0.25) is 0 Å². The van der Waals surface area contributed by atoms with Crippen LogP contribution in [0.1, 0.15) is 50.2 Å². The van der Waals surface area contributed by atoms with E-state index in [0.29, 0.717) is 6.42 Å². The molecule has 0 aliphatic carbocycles. The van der Waals surface area contributed by atoms with E-state index in [1.807, 2.05) is 0 Å². The van der Waals surface area contributed by atoms with Crippen LogP contribution in [-0.2, 0) is 23.0 Å². The molecule has 1 aromatic carbocycles. The molecule has 0 unspecified atom stereocenters. The fourth-order valence-electron chi connectivity index (χ4n) is 2.90. The zero-order valence-electron chi connectivity index (χ0n) is 15.5. The zero-order chi connectivity index (χ0) is 18.1. The first-order valence-corrected chi connectivity index (χ1v) is 10.6. The first-order valence-electron chi connectivity index (χ1n) is 9.05. The van der Waals surface area contributed by atoms with Crippen molar-refractivity contribution in [2.45, 2.75) is 51.9 Å². The number of nitrogens with zero attached hydrogens (tertiary/aromatic N) is 1. The largest absolute Gasteiger partial charge is 0.748 e. The highest BCUT2D eigenvalue weighted by Crippen LogP contribution is 2.11. The Morgan fingerprint density at radius 3 is 1.88 bits per heavy atom. The smallest absolute Gasteiger partial charge is 0.0945 e. The van der Waals surface area contributed by atoms with Crippen molar-refractivity contribution in [2.24, 2.45) is 0 Å². The Morgan fingerprint density at radius 2 is 1.38 bits per heavy atom. The monoisotopic (exact) mass is 355 g/mol. The van der Waals surface area contributed by atoms with Crippen LogP contribution in [-0.4, -0.2) is 50.4 Å². The molecule has 24 heavy (non-hydrogen) atoms. The predicted octanol–water partition coefficient (Wildman–Crippen LogP) is 3.36. The lowest BCUT2D eigenvalue weighted by Crippen LogP contribution is -2.41. The third kappa shape index (κ3) is 10.1. The first-order chi connectivity index (χ1) is 11.2. The Hall–Kier alpha value is -0.910. The second-order valence-electron chi connectivity index (χ2n) is 7.38. The van der Waals surface area contributed by atoms with Crippen LogP contribution in [0, 0.1) is 0 Å². The predicted molar refractivity (Wildman–Crippen MR) is 99.0 cm³/mol. The second kappa shape index (κ2) is 10.2. The van der Waals surface area contributed by atoms with E-state index in [0.717, 1.165) is 36.8 Å². The normalized spacial score (nSPS) is 12.5. The van der Waals surface area contributed by atoms with Crippen LogP contribution in [0.4, 0.5) is 0 Å². The van der Waals surface area contributed by atoms with Gasteiger partial charge in [0, 0.05) is 12.2 Å². The summed E-state index contributed by atoms with van der Waals surface area (Å²) >= 11 is 0. The fourth-order valence-corrected chi connectivity index (χ4v) is 3.45. The summed E-state index contributed by atoms with van der Waals surface area (Å²) in [5.74, 6) is -0.239. The van der Waals surface area contributed by atoms with Crippen molar-refractivity contribution in [1.82, 2.24) is 0 Å². The van der Waals surface area contributed by atoms with Gasteiger partial charge in [-0.05, 0) is 43.2 Å². The SMILES string of the molecule is CCCCc1ccc(CCC[N+](C)(C)CCCCS(=O)(=O)[O-])cc1. The maximum absolute atomic E-state index is 10.6. The molecule has 0 bridgehead atoms. The van der Waals surface area contributed by atoms with Gasteiger partial charge in [0.05, 0.1) is 37.3 Å². The van der Waals surface area contributed by atoms with E-state index in [9.17, 15) is 13.0 Å². The van der Waals surface area contributed by atoms with E-state index in [2.05, 4.69) is 45.3 Å². The standard InChI is InChI=1S/C19H33NO3S/c1-4-5-9-18-11-13-19(14-12-18)10-8-16-20(2,3)15-6-7-17-24(21,22)23/h11-14H,4-10,15-17H2,1-3H3. The molecule has 4 nitrogen and oxygen atoms in total. The second-order valence-corrected chi connectivity index (χ2v) is 8.90. The molecule has 0 amide bonds. The van der Waals surface area contributed by atoms with Gasteiger partial charge >= 0.3 is 0 Å². The summed E-state index contributed by atoms with van der Waals surface area (Å²) in [6, 6.07) is 8.97. The summed E-state index contributed by atoms with van der Waals surface area (Å²) in [6.07, 6.45) is 7.08. The summed E-state index contributed by atoms with van der Waals surface area (Å²) in [7, 11) is 0.271. The number of unbranched alkanes of at least 4 members (excludes halogenated alkanes) is 2. The number of benzene rings is 1. The summed E-state index contributed by atoms with van der Waals surface area (Å²) in [5.41, 5.74) is 2.80. The quantitative estimate of drug-likeness (QED) is 0.328. The Labute approximate surface area is 148 Å². The number of quaternary nitrogens is 1. The first kappa shape index (κ1) is 21.1. The molecule has 0 aliphatic heterocycles. The van der Waals surface area contributed by atoms with Crippen molar-refractivity contribution < 1.29 is 17.5 Å². The molecule has 138 valence electrons. The van der Waals surface area contributed by atoms with Crippen molar-refractivity contribution in [3.05, 3.63) is 35.4 Å². The molecule has 0 fully saturated rings. The van der Waals surface area contributed by atoms with Gasteiger partial charge in [-0.15, -0.1) is 0 Å². The van der Waals surface area contributed by atoms with Crippen LogP contribution < -0.4 is 0 Å². The maximum atomic E-state index is 10.6. The highest BCUT2D eigenvalue weighted by Gasteiger charge is 2.14. The molecule has 0 saturated heterocycles. The van der Waals surface area contributed by atoms with Crippen LogP contribution in [0.25, 0.3) is 0 Å². The minimum Gasteiger partial charge on any atom is -0.748 e. The van der Waals surface area contributed by atoms with E-state index < -0.39 is 10.1 Å². The minimum atomic E-state index is -4.06. The maximum Gasteiger partial charge on any atom is 0.0945 e. The highest BCUT2D eigenvalue weighted by atomic mass is 32.2. The molecule has 5 heteroatoms. The number of aryl methyl sites for hydroxylation is 2. The Balaban J connectivity index is 2.26. The van der Waals surface area contributed by atoms with Gasteiger partial charge in [-0.25, -0.2) is 8.42 Å². The summed E-state index contributed by atoms with van der Waals surface area (Å²) in [5, 5.41) is 0. The summed E-state index contributed by atoms with van der Waals surface area (Å²) in [4.78, 5) is 0. The molecule has 0 N–H and O–H groups in total. The molecule has 1 aromatic rings. The Morgan fingerprint density at radius 1 is 0.875 bits per heavy atom. The lowest BCUT2D eigenvalue weighted by atomic mass is 10.0. The molecular weight excluding hydrogens is 322 g/mol. The van der Waals surface area contributed by atoms with E-state index in [1.165, 1.54) is 30.4 Å². The molecule has 0 aromatic heterocycles. The van der Waals surface area contributed by atoms with Crippen molar-refractivity contribution in [1.29, 1.82) is 0 Å². The minimum absolute atomic E-state index is 0.239. The lowest BCUT2D eigenvalue weighted by Gasteiger charge is -2.30. The molecule has 0 spiro atoms. The fraction of sp³-hybridized carbons (Fsp3) is 0.684. The number of hydrogen-bond acceptors (Lipinski definition) is 3. The van der Waals surface area contributed by atoms with Crippen LogP contribution in [0.5, 0.6) is 0 Å². The third-order valence-electron chi connectivity index (χ3n) is 4.48. The van der Waals surface area contributed by atoms with Crippen LogP contribution in [0.15, 0.2) is 24.3 Å². The van der Waals surface area contributed by atoms with Crippen molar-refractivity contribution >= 4 is 10.1 Å². The van der Waals surface area contributed by atoms with Gasteiger partial charge in [-0.2, -0.15) is 0 Å². The van der Waals surface area contributed by atoms with Gasteiger partial charge in [0.25, 0.3) is 0 Å². The van der Waals surface area contributed by atoms with Crippen molar-refractivity contribution in [3.63, 3.8) is 0 Å². The number of hydrogen-bond donors (Lipinski definition) is 0. The molecule has 1 rings (SSSR count). The van der Waals surface area contributed by atoms with Gasteiger partial charge in [0.2, 0.25) is 0 Å². The summed E-state index contributed by atoms with van der Waals surface area (Å²) < 4.78 is 32.7. The molecular formula is C19H33NO3S. The zero-order valence-corrected chi connectivity index (χ0v) is 16.3. The van der Waals surface area contributed by atoms with Gasteiger partial charge in [0.15, 0.2) is 0 Å². The lowest BCUT2D eigenvalue weighted by molar-refractivity contribution is -0.890. The molecule has 0 radical (unpaired) electrons. The summed E-state index contributed by atoms with van der Waals surface area (Å²) in [6.45, 7) is 4.18. The van der Waals surface area contributed by atoms with E-state index in [1.54, 1.807) is 0 Å². The topological polar surface area (TPSA) is 57.2 Å². The van der Waals surface area contributed by atoms with Gasteiger partial charge in [-0.1, -0.05) is 37.6 Å². The van der Waals surface area contributed by atoms with Crippen LogP contribution >= 0.6 is 0 Å². The average molecular weight is 356 g/mol. The van der Waals surface area contributed by atoms with Gasteiger partial charge in [0.1, 0.15) is 0 Å². The van der Waals surface area contributed by atoms with Gasteiger partial charge < -0.3 is 9.04 Å². The Bertz CT molecular complexity index is 565. The molecule has 0 atom stereocenters. The molecule has 0 saturated carbocycles. The van der Waals surface area contributed by atoms with Crippen LogP contribution in [0.3, 0.4) is 0 Å². The van der Waals surface area contributed by atoms with E-state index >= 15 is 0 Å². The third-order valence-corrected chi connectivity index (χ3v) is 5.27. The van der Waals surface area contributed by atoms with Crippen molar-refractivity contribution in [3.8, 4) is 0 Å².